The highest BCUT2D eigenvalue weighted by atomic mass is 16.3. The van der Waals surface area contributed by atoms with E-state index in [1.807, 2.05) is 12.1 Å². The minimum Gasteiger partial charge on any atom is -0.456 e. The molecule has 0 radical (unpaired) electrons. The Hall–Kier alpha value is -8.40. The molecule has 12 aromatic rings. The second-order valence-electron chi connectivity index (χ2n) is 16.1. The molecule has 12 rings (SSSR count). The lowest BCUT2D eigenvalue weighted by molar-refractivity contribution is 0.669. The SMILES string of the molecule is c1ccc(-c2ccc(N(c3ccc(-c4cccc(-c5ccc(-n6c7ccccc7c7ccccc76)cc5)c4)cc3)c3cccc(-c4cccc5oc6ccccc6c45)c3)cc2)cc1. The van der Waals surface area contributed by atoms with E-state index in [9.17, 15) is 0 Å². The third-order valence-corrected chi connectivity index (χ3v) is 12.4. The van der Waals surface area contributed by atoms with E-state index in [0.29, 0.717) is 0 Å². The van der Waals surface area contributed by atoms with E-state index in [-0.39, 0.29) is 0 Å². The molecule has 0 saturated carbocycles. The Labute approximate surface area is 366 Å². The smallest absolute Gasteiger partial charge is 0.136 e. The van der Waals surface area contributed by atoms with Crippen molar-refractivity contribution in [2.45, 2.75) is 0 Å². The highest BCUT2D eigenvalue weighted by Crippen LogP contribution is 2.42. The van der Waals surface area contributed by atoms with E-state index in [1.165, 1.54) is 49.6 Å². The number of aromatic nitrogens is 1. The molecular weight excluding hydrogens is 765 g/mol. The summed E-state index contributed by atoms with van der Waals surface area (Å²) < 4.78 is 8.66. The zero-order chi connectivity index (χ0) is 41.7. The Kier molecular flexibility index (Phi) is 8.83. The molecule has 63 heavy (non-hydrogen) atoms. The molecule has 2 aromatic heterocycles. The van der Waals surface area contributed by atoms with Gasteiger partial charge in [0.2, 0.25) is 0 Å². The van der Waals surface area contributed by atoms with Crippen molar-refractivity contribution < 1.29 is 4.42 Å². The number of anilines is 3. The minimum atomic E-state index is 0.892. The number of para-hydroxylation sites is 3. The van der Waals surface area contributed by atoms with Crippen LogP contribution in [0.15, 0.2) is 247 Å². The highest BCUT2D eigenvalue weighted by molar-refractivity contribution is 6.12. The Morgan fingerprint density at radius 1 is 0.302 bits per heavy atom. The van der Waals surface area contributed by atoms with Gasteiger partial charge in [0.05, 0.1) is 11.0 Å². The maximum atomic E-state index is 6.29. The fourth-order valence-corrected chi connectivity index (χ4v) is 9.39. The van der Waals surface area contributed by atoms with Crippen molar-refractivity contribution in [1.29, 1.82) is 0 Å². The third-order valence-electron chi connectivity index (χ3n) is 12.4. The van der Waals surface area contributed by atoms with Crippen molar-refractivity contribution in [3.63, 3.8) is 0 Å². The average molecular weight is 805 g/mol. The average Bonchev–Trinajstić information content (AvgIpc) is 3.91. The topological polar surface area (TPSA) is 21.3 Å². The monoisotopic (exact) mass is 804 g/mol. The van der Waals surface area contributed by atoms with Gasteiger partial charge in [0.15, 0.2) is 0 Å². The van der Waals surface area contributed by atoms with Crippen LogP contribution in [0.3, 0.4) is 0 Å². The molecule has 0 amide bonds. The van der Waals surface area contributed by atoms with Crippen molar-refractivity contribution >= 4 is 60.8 Å². The molecule has 0 atom stereocenters. The molecule has 0 aliphatic rings. The second kappa shape index (κ2) is 15.3. The van der Waals surface area contributed by atoms with Gasteiger partial charge < -0.3 is 13.9 Å². The van der Waals surface area contributed by atoms with Gasteiger partial charge in [-0.25, -0.2) is 0 Å². The summed E-state index contributed by atoms with van der Waals surface area (Å²) in [6, 6.07) is 87.1. The molecular formula is C60H40N2O. The predicted molar refractivity (Wildman–Crippen MR) is 264 cm³/mol. The van der Waals surface area contributed by atoms with Crippen LogP contribution in [-0.4, -0.2) is 4.57 Å². The summed E-state index contributed by atoms with van der Waals surface area (Å²) >= 11 is 0. The first-order valence-corrected chi connectivity index (χ1v) is 21.5. The molecule has 0 aliphatic heterocycles. The van der Waals surface area contributed by atoms with Crippen LogP contribution in [0.5, 0.6) is 0 Å². The Morgan fingerprint density at radius 3 is 1.44 bits per heavy atom. The second-order valence-corrected chi connectivity index (χ2v) is 16.1. The Balaban J connectivity index is 0.895. The predicted octanol–water partition coefficient (Wildman–Crippen LogP) is 16.8. The van der Waals surface area contributed by atoms with Crippen LogP contribution in [0.2, 0.25) is 0 Å². The van der Waals surface area contributed by atoms with Crippen molar-refractivity contribution in [2.75, 3.05) is 4.90 Å². The van der Waals surface area contributed by atoms with Crippen molar-refractivity contribution in [3.8, 4) is 50.2 Å². The summed E-state index contributed by atoms with van der Waals surface area (Å²) in [7, 11) is 0. The molecule has 3 nitrogen and oxygen atoms in total. The van der Waals surface area contributed by atoms with Gasteiger partial charge in [-0.15, -0.1) is 0 Å². The van der Waals surface area contributed by atoms with E-state index >= 15 is 0 Å². The standard InChI is InChI=1S/C60H40N2O/c1-2-13-41(14-3-1)42-27-33-48(34-28-42)61(51-18-11-17-47(40-51)52-22-12-26-59-60(52)55-21-6-9-25-58(55)63-59)49-35-29-43(30-36-49)45-15-10-16-46(39-45)44-31-37-50(38-32-44)62-56-23-7-4-19-53(56)54-20-5-8-24-57(54)62/h1-40H. The van der Waals surface area contributed by atoms with Crippen LogP contribution in [0.1, 0.15) is 0 Å². The fourth-order valence-electron chi connectivity index (χ4n) is 9.39. The molecule has 10 aromatic carbocycles. The van der Waals surface area contributed by atoms with Crippen LogP contribution < -0.4 is 4.90 Å². The van der Waals surface area contributed by atoms with Crippen LogP contribution >= 0.6 is 0 Å². The summed E-state index contributed by atoms with van der Waals surface area (Å²) in [6.45, 7) is 0. The van der Waals surface area contributed by atoms with Crippen molar-refractivity contribution in [3.05, 3.63) is 243 Å². The zero-order valence-corrected chi connectivity index (χ0v) is 34.4. The minimum absolute atomic E-state index is 0.892. The summed E-state index contributed by atoms with van der Waals surface area (Å²) in [5, 5.41) is 4.80. The van der Waals surface area contributed by atoms with Gasteiger partial charge in [0, 0.05) is 44.3 Å². The van der Waals surface area contributed by atoms with Gasteiger partial charge in [-0.1, -0.05) is 164 Å². The lowest BCUT2D eigenvalue weighted by Crippen LogP contribution is -2.10. The number of hydrogen-bond donors (Lipinski definition) is 0. The molecule has 0 N–H and O–H groups in total. The number of furan rings is 1. The first-order chi connectivity index (χ1) is 31.2. The number of rotatable bonds is 8. The van der Waals surface area contributed by atoms with Crippen molar-refractivity contribution in [2.24, 2.45) is 0 Å². The van der Waals surface area contributed by atoms with E-state index in [1.54, 1.807) is 0 Å². The van der Waals surface area contributed by atoms with E-state index in [0.717, 1.165) is 61.4 Å². The molecule has 0 fully saturated rings. The molecule has 296 valence electrons. The van der Waals surface area contributed by atoms with E-state index in [2.05, 4.69) is 240 Å². The molecule has 0 saturated heterocycles. The summed E-state index contributed by atoms with van der Waals surface area (Å²) in [5.74, 6) is 0. The largest absolute Gasteiger partial charge is 0.456 e. The summed E-state index contributed by atoms with van der Waals surface area (Å²) in [6.07, 6.45) is 0. The fraction of sp³-hybridized carbons (Fsp3) is 0. The van der Waals surface area contributed by atoms with Crippen LogP contribution in [0.25, 0.3) is 93.9 Å². The van der Waals surface area contributed by atoms with Gasteiger partial charge in [-0.3, -0.25) is 0 Å². The van der Waals surface area contributed by atoms with Gasteiger partial charge in [0.25, 0.3) is 0 Å². The van der Waals surface area contributed by atoms with Gasteiger partial charge in [-0.05, 0) is 123 Å². The molecule has 0 aliphatic carbocycles. The maximum absolute atomic E-state index is 6.29. The summed E-state index contributed by atoms with van der Waals surface area (Å²) in [4.78, 5) is 2.35. The molecule has 3 heteroatoms. The molecule has 0 spiro atoms. The Bertz CT molecular complexity index is 3550. The van der Waals surface area contributed by atoms with Crippen LogP contribution in [0, 0.1) is 0 Å². The molecule has 2 heterocycles. The third kappa shape index (κ3) is 6.46. The van der Waals surface area contributed by atoms with Crippen LogP contribution in [-0.2, 0) is 0 Å². The number of nitrogens with zero attached hydrogens (tertiary/aromatic N) is 2. The highest BCUT2D eigenvalue weighted by Gasteiger charge is 2.18. The summed E-state index contributed by atoms with van der Waals surface area (Å²) in [5.41, 5.74) is 18.0. The number of fused-ring (bicyclic) bond motifs is 6. The number of benzene rings is 10. The van der Waals surface area contributed by atoms with Crippen LogP contribution in [0.4, 0.5) is 17.1 Å². The lowest BCUT2D eigenvalue weighted by atomic mass is 9.98. The zero-order valence-electron chi connectivity index (χ0n) is 34.4. The van der Waals surface area contributed by atoms with E-state index < -0.39 is 0 Å². The van der Waals surface area contributed by atoms with E-state index in [4.69, 9.17) is 4.42 Å². The quantitative estimate of drug-likeness (QED) is 0.153. The van der Waals surface area contributed by atoms with Gasteiger partial charge >= 0.3 is 0 Å². The molecule has 0 unspecified atom stereocenters. The molecule has 0 bridgehead atoms. The first-order valence-electron chi connectivity index (χ1n) is 21.5. The Morgan fingerprint density at radius 2 is 0.778 bits per heavy atom. The maximum Gasteiger partial charge on any atom is 0.136 e. The van der Waals surface area contributed by atoms with Gasteiger partial charge in [-0.2, -0.15) is 0 Å². The lowest BCUT2D eigenvalue weighted by Gasteiger charge is -2.26. The van der Waals surface area contributed by atoms with Crippen molar-refractivity contribution in [1.82, 2.24) is 4.57 Å². The first kappa shape index (κ1) is 36.5. The van der Waals surface area contributed by atoms with Gasteiger partial charge in [0.1, 0.15) is 11.2 Å². The number of hydrogen-bond acceptors (Lipinski definition) is 2. The normalized spacial score (nSPS) is 11.5.